The van der Waals surface area contributed by atoms with E-state index >= 15 is 0 Å². The van der Waals surface area contributed by atoms with Gasteiger partial charge < -0.3 is 8.98 Å². The van der Waals surface area contributed by atoms with Gasteiger partial charge in [-0.3, -0.25) is 0 Å². The van der Waals surface area contributed by atoms with Crippen LogP contribution in [0.3, 0.4) is 0 Å². The summed E-state index contributed by atoms with van der Waals surface area (Å²) in [5.41, 5.74) is 12.3. The van der Waals surface area contributed by atoms with Crippen molar-refractivity contribution in [3.63, 3.8) is 0 Å². The summed E-state index contributed by atoms with van der Waals surface area (Å²) in [5, 5.41) is 6.97. The predicted octanol–water partition coefficient (Wildman–Crippen LogP) is 14.4. The number of benzene rings is 9. The van der Waals surface area contributed by atoms with E-state index < -0.39 is 0 Å². The molecule has 5 heteroatoms. The number of para-hydroxylation sites is 2. The molecule has 3 aromatic heterocycles. The van der Waals surface area contributed by atoms with Crippen molar-refractivity contribution in [3.8, 4) is 62.1 Å². The molecule has 9 aromatic carbocycles. The molecule has 0 atom stereocenters. The lowest BCUT2D eigenvalue weighted by molar-refractivity contribution is 0.669. The summed E-state index contributed by atoms with van der Waals surface area (Å²) in [5.74, 6) is 1.85. The lowest BCUT2D eigenvalue weighted by Gasteiger charge is -2.11. The molecule has 60 heavy (non-hydrogen) atoms. The van der Waals surface area contributed by atoms with Crippen molar-refractivity contribution in [2.75, 3.05) is 0 Å². The molecular weight excluding hydrogens is 733 g/mol. The Balaban J connectivity index is 0.990. The van der Waals surface area contributed by atoms with Gasteiger partial charge in [0.25, 0.3) is 0 Å². The Morgan fingerprint density at radius 2 is 0.883 bits per heavy atom. The summed E-state index contributed by atoms with van der Waals surface area (Å²) in [6, 6.07) is 72.1. The molecule has 0 aliphatic heterocycles. The van der Waals surface area contributed by atoms with E-state index in [1.165, 1.54) is 16.2 Å². The van der Waals surface area contributed by atoms with Crippen LogP contribution in [0.2, 0.25) is 0 Å². The number of rotatable bonds is 6. The average Bonchev–Trinajstić information content (AvgIpc) is 3.86. The van der Waals surface area contributed by atoms with Gasteiger partial charge in [0.05, 0.1) is 11.0 Å². The summed E-state index contributed by atoms with van der Waals surface area (Å²) in [6.45, 7) is 0. The second kappa shape index (κ2) is 13.8. The number of furan rings is 1. The Labute approximate surface area is 345 Å². The highest BCUT2D eigenvalue weighted by molar-refractivity contribution is 6.16. The van der Waals surface area contributed by atoms with Crippen molar-refractivity contribution in [3.05, 3.63) is 206 Å². The highest BCUT2D eigenvalue weighted by Crippen LogP contribution is 2.42. The zero-order valence-electron chi connectivity index (χ0n) is 32.3. The van der Waals surface area contributed by atoms with Crippen LogP contribution in [0, 0.1) is 0 Å². The molecule has 0 saturated carbocycles. The molecule has 5 nitrogen and oxygen atoms in total. The summed E-state index contributed by atoms with van der Waals surface area (Å²) in [6.07, 6.45) is 0. The molecule has 3 heterocycles. The first kappa shape index (κ1) is 33.9. The van der Waals surface area contributed by atoms with Gasteiger partial charge in [-0.1, -0.05) is 158 Å². The van der Waals surface area contributed by atoms with Crippen LogP contribution < -0.4 is 0 Å². The fourth-order valence-corrected chi connectivity index (χ4v) is 8.73. The Morgan fingerprint density at radius 3 is 1.62 bits per heavy atom. The zero-order valence-corrected chi connectivity index (χ0v) is 32.3. The number of fused-ring (bicyclic) bond motifs is 7. The van der Waals surface area contributed by atoms with E-state index in [-0.39, 0.29) is 0 Å². The van der Waals surface area contributed by atoms with Crippen molar-refractivity contribution in [1.29, 1.82) is 0 Å². The third-order valence-electron chi connectivity index (χ3n) is 11.6. The molecule has 0 unspecified atom stereocenters. The highest BCUT2D eigenvalue weighted by atomic mass is 16.3. The first-order valence-corrected chi connectivity index (χ1v) is 20.2. The smallest absolute Gasteiger partial charge is 0.164 e. The third kappa shape index (κ3) is 5.67. The minimum Gasteiger partial charge on any atom is -0.456 e. The molecule has 0 saturated heterocycles. The van der Waals surface area contributed by atoms with Gasteiger partial charge in [0.2, 0.25) is 0 Å². The zero-order chi connectivity index (χ0) is 39.6. The third-order valence-corrected chi connectivity index (χ3v) is 11.6. The Bertz CT molecular complexity index is 3570. The molecule has 0 bridgehead atoms. The van der Waals surface area contributed by atoms with Crippen LogP contribution in [0.4, 0.5) is 0 Å². The second-order valence-corrected chi connectivity index (χ2v) is 15.2. The van der Waals surface area contributed by atoms with Crippen LogP contribution >= 0.6 is 0 Å². The van der Waals surface area contributed by atoms with Crippen LogP contribution in [0.5, 0.6) is 0 Å². The average molecular weight is 767 g/mol. The molecule has 0 fully saturated rings. The van der Waals surface area contributed by atoms with Gasteiger partial charge >= 0.3 is 0 Å². The fourth-order valence-electron chi connectivity index (χ4n) is 8.73. The summed E-state index contributed by atoms with van der Waals surface area (Å²) in [4.78, 5) is 15.3. The van der Waals surface area contributed by atoms with Gasteiger partial charge in [0, 0.05) is 43.9 Å². The fraction of sp³-hybridized carbons (Fsp3) is 0. The van der Waals surface area contributed by atoms with Crippen LogP contribution in [0.25, 0.3) is 117 Å². The largest absolute Gasteiger partial charge is 0.456 e. The van der Waals surface area contributed by atoms with Gasteiger partial charge in [0.1, 0.15) is 11.2 Å². The molecule has 0 aliphatic carbocycles. The standard InChI is InChI=1S/C55H34N4O/c1-4-14-36(15-5-1)46-31-42(34-51-52(46)47-30-39-18-10-11-19-40(39)33-50(47)60-51)35-24-26-38(27-25-35)54-56-53(37-16-6-2-7-17-37)57-55(58-54)41-28-29-45-44-22-12-13-23-48(44)59(49(45)32-41)43-20-8-3-9-21-43/h1-34H. The normalized spacial score (nSPS) is 11.7. The second-order valence-electron chi connectivity index (χ2n) is 15.2. The van der Waals surface area contributed by atoms with E-state index in [0.29, 0.717) is 17.5 Å². The van der Waals surface area contributed by atoms with E-state index in [1.54, 1.807) is 0 Å². The molecule has 0 amide bonds. The van der Waals surface area contributed by atoms with Crippen molar-refractivity contribution < 1.29 is 4.42 Å². The van der Waals surface area contributed by atoms with Crippen LogP contribution in [0.15, 0.2) is 211 Å². The Morgan fingerprint density at radius 1 is 0.333 bits per heavy atom. The molecule has 0 N–H and O–H groups in total. The maximum atomic E-state index is 6.64. The lowest BCUT2D eigenvalue weighted by atomic mass is 9.93. The molecule has 12 aromatic rings. The molecule has 280 valence electrons. The van der Waals surface area contributed by atoms with Crippen LogP contribution in [-0.4, -0.2) is 19.5 Å². The van der Waals surface area contributed by atoms with E-state index in [0.717, 1.165) is 83.0 Å². The van der Waals surface area contributed by atoms with Crippen LogP contribution in [-0.2, 0) is 0 Å². The maximum absolute atomic E-state index is 6.64. The van der Waals surface area contributed by atoms with E-state index in [4.69, 9.17) is 19.4 Å². The van der Waals surface area contributed by atoms with E-state index in [9.17, 15) is 0 Å². The Kier molecular flexibility index (Phi) is 7.78. The number of nitrogens with zero attached hydrogens (tertiary/aromatic N) is 4. The van der Waals surface area contributed by atoms with Crippen molar-refractivity contribution in [2.45, 2.75) is 0 Å². The monoisotopic (exact) mass is 766 g/mol. The van der Waals surface area contributed by atoms with Gasteiger partial charge in [-0.05, 0) is 81.6 Å². The summed E-state index contributed by atoms with van der Waals surface area (Å²) >= 11 is 0. The molecule has 0 radical (unpaired) electrons. The van der Waals surface area contributed by atoms with E-state index in [2.05, 4.69) is 180 Å². The molecule has 12 rings (SSSR count). The van der Waals surface area contributed by atoms with Crippen molar-refractivity contribution in [1.82, 2.24) is 19.5 Å². The van der Waals surface area contributed by atoms with Crippen molar-refractivity contribution in [2.24, 2.45) is 0 Å². The SMILES string of the molecule is c1ccc(-c2nc(-c3ccc(-c4cc(-c5ccccc5)c5c(c4)oc4cc6ccccc6cc45)cc3)nc(-c3ccc4c5ccccc5n(-c5ccccc5)c4c3)n2)cc1. The van der Waals surface area contributed by atoms with Gasteiger partial charge in [-0.15, -0.1) is 0 Å². The van der Waals surface area contributed by atoms with Gasteiger partial charge in [0.15, 0.2) is 17.5 Å². The first-order chi connectivity index (χ1) is 29.7. The number of hydrogen-bond donors (Lipinski definition) is 0. The molecule has 0 aliphatic rings. The van der Waals surface area contributed by atoms with Gasteiger partial charge in [-0.25, -0.2) is 15.0 Å². The topological polar surface area (TPSA) is 56.7 Å². The highest BCUT2D eigenvalue weighted by Gasteiger charge is 2.19. The lowest BCUT2D eigenvalue weighted by Crippen LogP contribution is -2.00. The maximum Gasteiger partial charge on any atom is 0.164 e. The first-order valence-electron chi connectivity index (χ1n) is 20.2. The number of hydrogen-bond acceptors (Lipinski definition) is 4. The summed E-state index contributed by atoms with van der Waals surface area (Å²) < 4.78 is 8.96. The minimum absolute atomic E-state index is 0.610. The quantitative estimate of drug-likeness (QED) is 0.169. The van der Waals surface area contributed by atoms with Gasteiger partial charge in [-0.2, -0.15) is 0 Å². The summed E-state index contributed by atoms with van der Waals surface area (Å²) in [7, 11) is 0. The van der Waals surface area contributed by atoms with Crippen LogP contribution in [0.1, 0.15) is 0 Å². The molecular formula is C55H34N4O. The van der Waals surface area contributed by atoms with E-state index in [1.807, 2.05) is 30.3 Å². The predicted molar refractivity (Wildman–Crippen MR) is 246 cm³/mol. The molecule has 0 spiro atoms. The Hall–Kier alpha value is -8.15. The van der Waals surface area contributed by atoms with Crippen molar-refractivity contribution >= 4 is 54.5 Å². The minimum atomic E-state index is 0.610. The number of aromatic nitrogens is 4.